The van der Waals surface area contributed by atoms with Gasteiger partial charge in [0.1, 0.15) is 0 Å². The van der Waals surface area contributed by atoms with Gasteiger partial charge in [-0.2, -0.15) is 15.8 Å². The molecule has 4 aromatic carbocycles. The fraction of sp³-hybridized carbons (Fsp3) is 0.522. The van der Waals surface area contributed by atoms with Crippen LogP contribution in [0.2, 0.25) is 0 Å². The van der Waals surface area contributed by atoms with Crippen molar-refractivity contribution in [1.29, 1.82) is 15.8 Å². The maximum Gasteiger partial charge on any atom is 0.0999 e. The van der Waals surface area contributed by atoms with Crippen molar-refractivity contribution in [2.45, 2.75) is 39.6 Å². The van der Waals surface area contributed by atoms with E-state index >= 15 is 0 Å². The summed E-state index contributed by atoms with van der Waals surface area (Å²) in [6, 6.07) is 23.7. The molecule has 0 atom stereocenters. The van der Waals surface area contributed by atoms with Crippen LogP contribution in [-0.2, 0) is 125 Å². The molecule has 4 aromatic rings. The van der Waals surface area contributed by atoms with E-state index in [9.17, 15) is 15.8 Å². The second-order valence-corrected chi connectivity index (χ2v) is 19.3. The lowest BCUT2D eigenvalue weighted by Crippen LogP contribution is -2.10. The first-order chi connectivity index (χ1) is 44.3. The Labute approximate surface area is 531 Å². The van der Waals surface area contributed by atoms with Gasteiger partial charge in [-0.05, 0) is 88.0 Å². The van der Waals surface area contributed by atoms with Crippen molar-refractivity contribution in [3.63, 3.8) is 0 Å². The van der Waals surface area contributed by atoms with E-state index in [1.807, 2.05) is 54.6 Å². The van der Waals surface area contributed by atoms with Crippen LogP contribution in [-0.4, -0.2) is 201 Å². The van der Waals surface area contributed by atoms with Gasteiger partial charge in [0.2, 0.25) is 0 Å². The molecule has 0 N–H and O–H groups in total. The number of hydrogen-bond acceptors (Lipinski definition) is 21. The third kappa shape index (κ3) is 31.9. The first-order valence-electron chi connectivity index (χ1n) is 29.6. The number of nitrogens with zero attached hydrogens (tertiary/aromatic N) is 3. The summed E-state index contributed by atoms with van der Waals surface area (Å²) < 4.78 is 100. The quantitative estimate of drug-likeness (QED) is 0.0335. The highest BCUT2D eigenvalue weighted by Gasteiger charge is 2.15. The highest BCUT2D eigenvalue weighted by molar-refractivity contribution is 5.59. The zero-order valence-corrected chi connectivity index (χ0v) is 53.1. The van der Waals surface area contributed by atoms with Gasteiger partial charge in [-0.1, -0.05) is 35.5 Å². The van der Waals surface area contributed by atoms with E-state index in [1.165, 1.54) is 0 Å². The minimum atomic E-state index is 0.122. The Kier molecular flexibility index (Phi) is 42.1. The average molecular weight is 1250 g/mol. The predicted octanol–water partition coefficient (Wildman–Crippen LogP) is 6.58. The SMILES string of the molecule is COCCOCCOCc1cc(C#Cc2cc(C#Cc3cc(COCCOCCOC)c(C#N)c(COCCOCCOC)c3)cc(C#Cc3cc(COCCOCCOC)c(C#N)c(COCCOCCOC)c3)c2)cc(COCCOCCOC)c1C#N. The smallest absolute Gasteiger partial charge is 0.0999 e. The molecule has 0 aromatic heterocycles. The second-order valence-electron chi connectivity index (χ2n) is 19.3. The lowest BCUT2D eigenvalue weighted by atomic mass is 9.98. The van der Waals surface area contributed by atoms with Crippen molar-refractivity contribution < 1.29 is 85.3 Å². The van der Waals surface area contributed by atoms with E-state index in [4.69, 9.17) is 85.3 Å². The number of methoxy groups -OCH3 is 6. The van der Waals surface area contributed by atoms with Gasteiger partial charge in [0.05, 0.1) is 233 Å². The zero-order valence-electron chi connectivity index (χ0n) is 53.1. The van der Waals surface area contributed by atoms with E-state index in [-0.39, 0.29) is 39.6 Å². The molecule has 486 valence electrons. The summed E-state index contributed by atoms with van der Waals surface area (Å²) in [5.41, 5.74) is 8.64. The van der Waals surface area contributed by atoms with Crippen LogP contribution in [0.5, 0.6) is 0 Å². The van der Waals surface area contributed by atoms with Crippen molar-refractivity contribution >= 4 is 0 Å². The van der Waals surface area contributed by atoms with E-state index in [1.54, 1.807) is 42.7 Å². The summed E-state index contributed by atoms with van der Waals surface area (Å²) in [4.78, 5) is 0. The molecule has 21 nitrogen and oxygen atoms in total. The molecular weight excluding hydrogens is 1160 g/mol. The van der Waals surface area contributed by atoms with Crippen LogP contribution >= 0.6 is 0 Å². The molecule has 0 fully saturated rings. The Morgan fingerprint density at radius 1 is 0.211 bits per heavy atom. The summed E-state index contributed by atoms with van der Waals surface area (Å²) in [5, 5.41) is 31.4. The fourth-order valence-electron chi connectivity index (χ4n) is 8.18. The Bertz CT molecular complexity index is 2560. The van der Waals surface area contributed by atoms with Crippen molar-refractivity contribution in [1.82, 2.24) is 0 Å². The highest BCUT2D eigenvalue weighted by atomic mass is 16.6. The molecule has 0 bridgehead atoms. The van der Waals surface area contributed by atoms with Gasteiger partial charge in [0.25, 0.3) is 0 Å². The number of ether oxygens (including phenoxy) is 18. The van der Waals surface area contributed by atoms with Crippen molar-refractivity contribution in [3.8, 4) is 53.7 Å². The largest absolute Gasteiger partial charge is 0.382 e. The Balaban J connectivity index is 1.86. The Morgan fingerprint density at radius 2 is 0.356 bits per heavy atom. The third-order valence-corrected chi connectivity index (χ3v) is 12.6. The minimum absolute atomic E-state index is 0.122. The topological polar surface area (TPSA) is 238 Å². The van der Waals surface area contributed by atoms with Gasteiger partial charge in [0.15, 0.2) is 0 Å². The molecule has 0 saturated heterocycles. The van der Waals surface area contributed by atoms with Crippen LogP contribution in [0.25, 0.3) is 0 Å². The maximum atomic E-state index is 10.5. The van der Waals surface area contributed by atoms with Crippen molar-refractivity contribution in [3.05, 3.63) is 138 Å². The lowest BCUT2D eigenvalue weighted by Gasteiger charge is -2.13. The monoisotopic (exact) mass is 1250 g/mol. The zero-order chi connectivity index (χ0) is 64.3. The number of hydrogen-bond donors (Lipinski definition) is 0. The van der Waals surface area contributed by atoms with Crippen LogP contribution < -0.4 is 0 Å². The number of nitriles is 3. The molecule has 0 aliphatic heterocycles. The molecule has 21 heteroatoms. The van der Waals surface area contributed by atoms with Crippen LogP contribution in [0.4, 0.5) is 0 Å². The fourth-order valence-corrected chi connectivity index (χ4v) is 8.18. The number of benzene rings is 4. The summed E-state index contributed by atoms with van der Waals surface area (Å²) in [6.07, 6.45) is 0. The van der Waals surface area contributed by atoms with Gasteiger partial charge in [-0.3, -0.25) is 0 Å². The van der Waals surface area contributed by atoms with E-state index in [2.05, 4.69) is 53.7 Å². The average Bonchev–Trinajstić information content (AvgIpc) is 1.47. The van der Waals surface area contributed by atoms with Gasteiger partial charge in [0, 0.05) is 76.0 Å². The Hall–Kier alpha value is -6.69. The van der Waals surface area contributed by atoms with Crippen LogP contribution in [0.1, 0.15) is 83.5 Å². The van der Waals surface area contributed by atoms with E-state index in [0.29, 0.717) is 242 Å². The van der Waals surface area contributed by atoms with Crippen LogP contribution in [0, 0.1) is 69.5 Å². The van der Waals surface area contributed by atoms with Gasteiger partial charge in [-0.15, -0.1) is 0 Å². The molecule has 0 aliphatic carbocycles. The molecule has 4 rings (SSSR count). The minimum Gasteiger partial charge on any atom is -0.382 e. The maximum absolute atomic E-state index is 10.5. The van der Waals surface area contributed by atoms with Crippen LogP contribution in [0.15, 0.2) is 54.6 Å². The van der Waals surface area contributed by atoms with Crippen molar-refractivity contribution in [2.75, 3.05) is 201 Å². The van der Waals surface area contributed by atoms with E-state index in [0.717, 1.165) is 0 Å². The van der Waals surface area contributed by atoms with Gasteiger partial charge < -0.3 is 85.3 Å². The molecule has 0 radical (unpaired) electrons. The first-order valence-corrected chi connectivity index (χ1v) is 29.6. The summed E-state index contributed by atoms with van der Waals surface area (Å²) in [7, 11) is 9.65. The second kappa shape index (κ2) is 50.0. The molecule has 0 amide bonds. The summed E-state index contributed by atoms with van der Waals surface area (Å²) in [5.74, 6) is 20.0. The third-order valence-electron chi connectivity index (χ3n) is 12.6. The molecule has 0 heterocycles. The van der Waals surface area contributed by atoms with Crippen molar-refractivity contribution in [2.24, 2.45) is 0 Å². The van der Waals surface area contributed by atoms with Gasteiger partial charge >= 0.3 is 0 Å². The molecule has 0 saturated carbocycles. The highest BCUT2D eigenvalue weighted by Crippen LogP contribution is 2.23. The molecule has 0 aliphatic rings. The van der Waals surface area contributed by atoms with Crippen LogP contribution in [0.3, 0.4) is 0 Å². The summed E-state index contributed by atoms with van der Waals surface area (Å²) in [6.45, 7) is 9.85. The molecule has 90 heavy (non-hydrogen) atoms. The standard InChI is InChI=1S/C69H87N3O18/c1-73-13-19-79-25-31-85-49-61-40-58(41-62(67(61)46-70)50-86-32-26-80-20-14-74-2)10-7-55-37-56(8-11-59-42-63(51-87-33-27-81-21-15-75-3)68(47-71)64(43-59)52-88-34-28-82-22-16-76-4)39-57(38-55)9-12-60-44-65(53-89-35-29-83-23-17-77-5)69(48-72)66(45-60)54-90-36-30-84-24-18-78-6/h37-45H,13-36,49-54H2,1-6H3. The molecular formula is C69H87N3O18. The normalized spacial score (nSPS) is 10.8. The summed E-state index contributed by atoms with van der Waals surface area (Å²) >= 11 is 0. The van der Waals surface area contributed by atoms with Gasteiger partial charge in [-0.25, -0.2) is 0 Å². The Morgan fingerprint density at radius 3 is 0.511 bits per heavy atom. The lowest BCUT2D eigenvalue weighted by molar-refractivity contribution is 0.0187. The molecule has 0 spiro atoms. The predicted molar refractivity (Wildman–Crippen MR) is 332 cm³/mol. The molecule has 0 unspecified atom stereocenters. The van der Waals surface area contributed by atoms with E-state index < -0.39 is 0 Å². The number of rotatable bonds is 48. The first kappa shape index (κ1) is 75.8.